The Morgan fingerprint density at radius 1 is 1.43 bits per heavy atom. The predicted octanol–water partition coefficient (Wildman–Crippen LogP) is 3.36. The molecule has 4 heteroatoms. The number of thiophene rings is 1. The Morgan fingerprint density at radius 2 is 2.21 bits per heavy atom. The topological polar surface area (TPSA) is 36.7 Å². The first-order valence-corrected chi connectivity index (χ1v) is 5.84. The molecule has 0 aromatic carbocycles. The van der Waals surface area contributed by atoms with Crippen LogP contribution in [-0.4, -0.2) is 4.98 Å². The number of aromatic nitrogens is 1. The summed E-state index contributed by atoms with van der Waals surface area (Å²) in [5.41, 5.74) is 2.04. The molecule has 0 aliphatic carbocycles. The molecule has 0 amide bonds. The van der Waals surface area contributed by atoms with Gasteiger partial charge in [-0.1, -0.05) is 0 Å². The fourth-order valence-corrected chi connectivity index (χ4v) is 2.98. The summed E-state index contributed by atoms with van der Waals surface area (Å²) in [6.45, 7) is 3.97. The number of nitrogens with zero attached hydrogens (tertiary/aromatic N) is 2. The minimum absolute atomic E-state index is 0.716. The third-order valence-electron chi connectivity index (χ3n) is 1.91. The van der Waals surface area contributed by atoms with Gasteiger partial charge in [0.15, 0.2) is 0 Å². The maximum atomic E-state index is 8.95. The lowest BCUT2D eigenvalue weighted by atomic mass is 10.2. The van der Waals surface area contributed by atoms with Gasteiger partial charge in [-0.05, 0) is 30.9 Å². The molecule has 2 rings (SSSR count). The van der Waals surface area contributed by atoms with Crippen molar-refractivity contribution in [3.05, 3.63) is 26.9 Å². The number of hydrogen-bond acceptors (Lipinski definition) is 4. The minimum atomic E-state index is 0.716. The second kappa shape index (κ2) is 3.52. The lowest BCUT2D eigenvalue weighted by Gasteiger charge is -1.93. The van der Waals surface area contributed by atoms with Crippen molar-refractivity contribution in [3.8, 4) is 16.6 Å². The van der Waals surface area contributed by atoms with Crippen LogP contribution in [0.2, 0.25) is 0 Å². The van der Waals surface area contributed by atoms with Crippen LogP contribution in [0.1, 0.15) is 15.4 Å². The molecule has 0 unspecified atom stereocenters. The molecule has 0 fully saturated rings. The average molecular weight is 220 g/mol. The average Bonchev–Trinajstić information content (AvgIpc) is 2.71. The molecule has 0 spiro atoms. The largest absolute Gasteiger partial charge is 0.239 e. The third kappa shape index (κ3) is 1.45. The number of aryl methyl sites for hydroxylation is 2. The maximum Gasteiger partial charge on any atom is 0.133 e. The summed E-state index contributed by atoms with van der Waals surface area (Å²) < 4.78 is 0. The lowest BCUT2D eigenvalue weighted by molar-refractivity contribution is 1.29. The van der Waals surface area contributed by atoms with E-state index in [0.29, 0.717) is 4.88 Å². The van der Waals surface area contributed by atoms with Crippen LogP contribution >= 0.6 is 22.7 Å². The van der Waals surface area contributed by atoms with E-state index < -0.39 is 0 Å². The van der Waals surface area contributed by atoms with E-state index in [1.54, 1.807) is 11.3 Å². The van der Waals surface area contributed by atoms with E-state index >= 15 is 0 Å². The van der Waals surface area contributed by atoms with E-state index in [1.165, 1.54) is 16.9 Å². The summed E-state index contributed by atoms with van der Waals surface area (Å²) in [5.74, 6) is 0. The zero-order valence-corrected chi connectivity index (χ0v) is 9.50. The number of thiazole rings is 1. The molecular weight excluding hydrogens is 212 g/mol. The number of hydrogen-bond donors (Lipinski definition) is 0. The molecule has 0 atom stereocenters. The Morgan fingerprint density at radius 3 is 2.79 bits per heavy atom. The molecule has 2 nitrogen and oxygen atoms in total. The Bertz CT molecular complexity index is 502. The van der Waals surface area contributed by atoms with Crippen molar-refractivity contribution >= 4 is 22.7 Å². The minimum Gasteiger partial charge on any atom is -0.239 e. The molecule has 2 aromatic rings. The Hall–Kier alpha value is -1.18. The molecule has 0 radical (unpaired) electrons. The van der Waals surface area contributed by atoms with Gasteiger partial charge < -0.3 is 0 Å². The molecular formula is C10H8N2S2. The Balaban J connectivity index is 2.63. The first kappa shape index (κ1) is 9.38. The highest BCUT2D eigenvalue weighted by molar-refractivity contribution is 7.15. The number of nitriles is 1. The van der Waals surface area contributed by atoms with Crippen LogP contribution in [0.25, 0.3) is 10.6 Å². The van der Waals surface area contributed by atoms with Crippen molar-refractivity contribution in [1.29, 1.82) is 5.26 Å². The van der Waals surface area contributed by atoms with Gasteiger partial charge in [0.2, 0.25) is 0 Å². The quantitative estimate of drug-likeness (QED) is 0.739. The van der Waals surface area contributed by atoms with Gasteiger partial charge in [-0.25, -0.2) is 4.98 Å². The van der Waals surface area contributed by atoms with Crippen LogP contribution in [0.3, 0.4) is 0 Å². The Kier molecular flexibility index (Phi) is 2.36. The van der Waals surface area contributed by atoms with Crippen molar-refractivity contribution in [2.45, 2.75) is 13.8 Å². The standard InChI is InChI=1S/C10H8N2S2/c1-6-3-4-13-10(6)9-8(5-11)14-7(2)12-9/h3-4H,1-2H3. The normalized spacial score (nSPS) is 10.1. The summed E-state index contributed by atoms with van der Waals surface area (Å²) in [4.78, 5) is 6.22. The maximum absolute atomic E-state index is 8.95. The van der Waals surface area contributed by atoms with E-state index in [2.05, 4.69) is 17.1 Å². The first-order valence-electron chi connectivity index (χ1n) is 4.14. The fourth-order valence-electron chi connectivity index (χ4n) is 1.27. The Labute approximate surface area is 90.5 Å². The summed E-state index contributed by atoms with van der Waals surface area (Å²) in [5, 5.41) is 11.9. The van der Waals surface area contributed by atoms with Crippen molar-refractivity contribution in [2.24, 2.45) is 0 Å². The van der Waals surface area contributed by atoms with Gasteiger partial charge in [0.1, 0.15) is 16.6 Å². The van der Waals surface area contributed by atoms with Crippen molar-refractivity contribution in [2.75, 3.05) is 0 Å². The van der Waals surface area contributed by atoms with E-state index in [0.717, 1.165) is 15.6 Å². The third-order valence-corrected chi connectivity index (χ3v) is 3.81. The fraction of sp³-hybridized carbons (Fsp3) is 0.200. The van der Waals surface area contributed by atoms with Crippen LogP contribution in [0.15, 0.2) is 11.4 Å². The second-order valence-electron chi connectivity index (χ2n) is 2.96. The van der Waals surface area contributed by atoms with Gasteiger partial charge in [0.25, 0.3) is 0 Å². The summed E-state index contributed by atoms with van der Waals surface area (Å²) in [6.07, 6.45) is 0. The predicted molar refractivity (Wildman–Crippen MR) is 59.6 cm³/mol. The van der Waals surface area contributed by atoms with Gasteiger partial charge in [-0.15, -0.1) is 22.7 Å². The van der Waals surface area contributed by atoms with Gasteiger partial charge in [-0.2, -0.15) is 5.26 Å². The smallest absolute Gasteiger partial charge is 0.133 e. The van der Waals surface area contributed by atoms with Crippen LogP contribution in [-0.2, 0) is 0 Å². The zero-order chi connectivity index (χ0) is 10.1. The monoisotopic (exact) mass is 220 g/mol. The molecule has 0 bridgehead atoms. The molecule has 2 aromatic heterocycles. The first-order chi connectivity index (χ1) is 6.72. The molecule has 14 heavy (non-hydrogen) atoms. The molecule has 0 saturated carbocycles. The van der Waals surface area contributed by atoms with E-state index in [9.17, 15) is 0 Å². The van der Waals surface area contributed by atoms with Crippen LogP contribution in [0.4, 0.5) is 0 Å². The highest BCUT2D eigenvalue weighted by atomic mass is 32.1. The molecule has 0 N–H and O–H groups in total. The van der Waals surface area contributed by atoms with Gasteiger partial charge in [0.05, 0.1) is 9.88 Å². The number of rotatable bonds is 1. The lowest BCUT2D eigenvalue weighted by Crippen LogP contribution is -1.79. The van der Waals surface area contributed by atoms with Crippen LogP contribution in [0, 0.1) is 25.2 Å². The van der Waals surface area contributed by atoms with Crippen LogP contribution in [0.5, 0.6) is 0 Å². The summed E-state index contributed by atoms with van der Waals surface area (Å²) in [7, 11) is 0. The highest BCUT2D eigenvalue weighted by Crippen LogP contribution is 2.33. The van der Waals surface area contributed by atoms with Crippen molar-refractivity contribution < 1.29 is 0 Å². The van der Waals surface area contributed by atoms with E-state index in [-0.39, 0.29) is 0 Å². The van der Waals surface area contributed by atoms with E-state index in [1.807, 2.05) is 19.2 Å². The molecule has 70 valence electrons. The van der Waals surface area contributed by atoms with Crippen LogP contribution < -0.4 is 0 Å². The summed E-state index contributed by atoms with van der Waals surface area (Å²) >= 11 is 3.09. The van der Waals surface area contributed by atoms with Gasteiger partial charge in [0, 0.05) is 0 Å². The zero-order valence-electron chi connectivity index (χ0n) is 7.87. The highest BCUT2D eigenvalue weighted by Gasteiger charge is 2.13. The van der Waals surface area contributed by atoms with Gasteiger partial charge in [-0.3, -0.25) is 0 Å². The molecule has 0 aliphatic heterocycles. The van der Waals surface area contributed by atoms with Gasteiger partial charge >= 0.3 is 0 Å². The molecule has 0 aliphatic rings. The SMILES string of the molecule is Cc1nc(-c2sccc2C)c(C#N)s1. The van der Waals surface area contributed by atoms with Crippen molar-refractivity contribution in [1.82, 2.24) is 4.98 Å². The van der Waals surface area contributed by atoms with Crippen molar-refractivity contribution in [3.63, 3.8) is 0 Å². The molecule has 2 heterocycles. The second-order valence-corrected chi connectivity index (χ2v) is 5.07. The summed E-state index contributed by atoms with van der Waals surface area (Å²) in [6, 6.07) is 4.25. The molecule has 0 saturated heterocycles. The van der Waals surface area contributed by atoms with E-state index in [4.69, 9.17) is 5.26 Å².